The van der Waals surface area contributed by atoms with Crippen LogP contribution in [0.5, 0.6) is 0 Å². The van der Waals surface area contributed by atoms with Crippen molar-refractivity contribution in [3.63, 3.8) is 0 Å². The molecule has 0 aliphatic carbocycles. The Morgan fingerprint density at radius 1 is 1.43 bits per heavy atom. The van der Waals surface area contributed by atoms with Crippen LogP contribution in [-0.2, 0) is 0 Å². The van der Waals surface area contributed by atoms with Gasteiger partial charge >= 0.3 is 0 Å². The molecule has 1 heterocycles. The molecule has 1 amide bonds. The molecule has 0 aliphatic rings. The van der Waals surface area contributed by atoms with E-state index >= 15 is 0 Å². The number of nitrogens with two attached hydrogens (primary N) is 1. The van der Waals surface area contributed by atoms with Gasteiger partial charge in [0, 0.05) is 11.8 Å². The summed E-state index contributed by atoms with van der Waals surface area (Å²) in [5, 5.41) is 11.1. The minimum absolute atomic E-state index is 0.203. The first-order valence-corrected chi connectivity index (χ1v) is 7.47. The number of hydrogen-bond donors (Lipinski definition) is 2. The molecule has 0 spiro atoms. The second-order valence-corrected chi connectivity index (χ2v) is 5.60. The van der Waals surface area contributed by atoms with Crippen molar-refractivity contribution in [3.05, 3.63) is 70.5 Å². The number of primary amides is 1. The van der Waals surface area contributed by atoms with Gasteiger partial charge < -0.3 is 10.7 Å². The summed E-state index contributed by atoms with van der Waals surface area (Å²) >= 11 is 1.37. The average molecular weight is 330 g/mol. The fraction of sp³-hybridized carbons (Fsp3) is 0.0667. The normalized spacial score (nSPS) is 11.0. The topological polar surface area (TPSA) is 115 Å². The predicted molar refractivity (Wildman–Crippen MR) is 89.8 cm³/mol. The van der Waals surface area contributed by atoms with Gasteiger partial charge in [-0.15, -0.1) is 0 Å². The number of fused-ring (bicyclic) bond motifs is 1. The number of nitrogens with one attached hydrogen (secondary N) is 1. The van der Waals surface area contributed by atoms with Gasteiger partial charge in [-0.25, -0.2) is 4.98 Å². The zero-order valence-electron chi connectivity index (χ0n) is 12.1. The largest absolute Gasteiger partial charge is 0.366 e. The van der Waals surface area contributed by atoms with Gasteiger partial charge in [-0.3, -0.25) is 14.9 Å². The molecule has 118 valence electrons. The number of aromatic amines is 1. The molecule has 0 saturated heterocycles. The number of carbonyl (C=O) groups is 1. The minimum Gasteiger partial charge on any atom is -0.366 e. The maximum atomic E-state index is 11.4. The number of nitro groups is 1. The summed E-state index contributed by atoms with van der Waals surface area (Å²) in [5.74, 6) is -0.0583. The molecule has 0 fully saturated rings. The van der Waals surface area contributed by atoms with Crippen LogP contribution < -0.4 is 5.73 Å². The van der Waals surface area contributed by atoms with Crippen LogP contribution in [0.15, 0.2) is 59.9 Å². The molecule has 0 saturated carbocycles. The number of hydrogen-bond acceptors (Lipinski definition) is 5. The highest BCUT2D eigenvalue weighted by molar-refractivity contribution is 7.99. The maximum Gasteiger partial charge on any atom is 0.262 e. The Kier molecular flexibility index (Phi) is 4.97. The Labute approximate surface area is 136 Å². The summed E-state index contributed by atoms with van der Waals surface area (Å²) in [5.41, 5.74) is 7.38. The third kappa shape index (κ3) is 4.07. The van der Waals surface area contributed by atoms with Crippen LogP contribution in [-0.4, -0.2) is 26.6 Å². The van der Waals surface area contributed by atoms with Crippen molar-refractivity contribution >= 4 is 28.7 Å². The number of para-hydroxylation sites is 1. The van der Waals surface area contributed by atoms with Gasteiger partial charge in [-0.1, -0.05) is 30.5 Å². The number of amides is 1. The third-order valence-electron chi connectivity index (χ3n) is 2.90. The molecule has 0 bridgehead atoms. The lowest BCUT2D eigenvalue weighted by atomic mass is 10.2. The molecular weight excluding hydrogens is 316 g/mol. The summed E-state index contributed by atoms with van der Waals surface area (Å²) in [6, 6.07) is 5.14. The summed E-state index contributed by atoms with van der Waals surface area (Å²) in [6.45, 7) is 7.12. The monoisotopic (exact) mass is 330 g/mol. The molecule has 2 rings (SSSR count). The van der Waals surface area contributed by atoms with E-state index in [1.165, 1.54) is 23.9 Å². The van der Waals surface area contributed by atoms with E-state index in [2.05, 4.69) is 23.1 Å². The Morgan fingerprint density at radius 2 is 2.17 bits per heavy atom. The number of thioether (sulfide) groups is 1. The Hall–Kier alpha value is -2.87. The fourth-order valence-corrected chi connectivity index (χ4v) is 2.52. The molecule has 1 aromatic carbocycles. The Bertz CT molecular complexity index is 838. The lowest BCUT2D eigenvalue weighted by Gasteiger charge is -1.97. The Balaban J connectivity index is 2.07. The van der Waals surface area contributed by atoms with E-state index in [-0.39, 0.29) is 5.70 Å². The first-order valence-electron chi connectivity index (χ1n) is 6.49. The first kappa shape index (κ1) is 16.5. The third-order valence-corrected chi connectivity index (χ3v) is 3.88. The van der Waals surface area contributed by atoms with E-state index < -0.39 is 10.8 Å². The fourth-order valence-electron chi connectivity index (χ4n) is 1.76. The second-order valence-electron chi connectivity index (χ2n) is 4.64. The van der Waals surface area contributed by atoms with Crippen LogP contribution in [0.2, 0.25) is 0 Å². The van der Waals surface area contributed by atoms with Gasteiger partial charge in [0.25, 0.3) is 11.6 Å². The molecule has 3 N–H and O–H groups in total. The van der Waals surface area contributed by atoms with Gasteiger partial charge in [0.1, 0.15) is 5.52 Å². The highest BCUT2D eigenvalue weighted by Crippen LogP contribution is 2.23. The zero-order valence-corrected chi connectivity index (χ0v) is 12.9. The van der Waals surface area contributed by atoms with Gasteiger partial charge in [0.2, 0.25) is 0 Å². The molecule has 8 heteroatoms. The van der Waals surface area contributed by atoms with Crippen molar-refractivity contribution in [2.45, 2.75) is 5.16 Å². The van der Waals surface area contributed by atoms with Crippen LogP contribution in [0.3, 0.4) is 0 Å². The highest BCUT2D eigenvalue weighted by Gasteiger charge is 2.11. The van der Waals surface area contributed by atoms with Crippen LogP contribution in [0.1, 0.15) is 10.4 Å². The second kappa shape index (κ2) is 6.93. The van der Waals surface area contributed by atoms with Crippen molar-refractivity contribution in [1.82, 2.24) is 9.97 Å². The van der Waals surface area contributed by atoms with E-state index in [0.717, 1.165) is 0 Å². The summed E-state index contributed by atoms with van der Waals surface area (Å²) in [6.07, 6.45) is 2.84. The molecule has 7 nitrogen and oxygen atoms in total. The van der Waals surface area contributed by atoms with Gasteiger partial charge in [0.05, 0.1) is 16.0 Å². The van der Waals surface area contributed by atoms with E-state index in [4.69, 9.17) is 5.73 Å². The molecule has 23 heavy (non-hydrogen) atoms. The van der Waals surface area contributed by atoms with Crippen molar-refractivity contribution < 1.29 is 9.72 Å². The molecule has 0 radical (unpaired) electrons. The lowest BCUT2D eigenvalue weighted by Crippen LogP contribution is -2.11. The van der Waals surface area contributed by atoms with Crippen molar-refractivity contribution in [2.24, 2.45) is 5.73 Å². The van der Waals surface area contributed by atoms with Crippen LogP contribution in [0.25, 0.3) is 11.0 Å². The number of H-pyrrole nitrogens is 1. The number of rotatable bonds is 7. The average Bonchev–Trinajstić information content (AvgIpc) is 2.92. The smallest absolute Gasteiger partial charge is 0.262 e. The SMILES string of the molecule is C=C(/C=C\C(=C)[N+](=O)[O-])CSc1nc2c(C(N)=O)cccc2[nH]1. The maximum absolute atomic E-state index is 11.4. The number of allylic oxidation sites excluding steroid dienone is 2. The standard InChI is InChI=1S/C15H14N4O3S/c1-9(6-7-10(2)19(21)22)8-23-15-17-12-5-3-4-11(14(16)20)13(12)18-15/h3-7H,1-2,8H2,(H2,16,20)(H,17,18)/b7-6-. The minimum atomic E-state index is -0.568. The summed E-state index contributed by atoms with van der Waals surface area (Å²) < 4.78 is 0. The van der Waals surface area contributed by atoms with Crippen LogP contribution in [0, 0.1) is 10.1 Å². The number of carbonyl (C=O) groups excluding carboxylic acids is 1. The summed E-state index contributed by atoms with van der Waals surface area (Å²) in [7, 11) is 0. The molecular formula is C15H14N4O3S. The first-order chi connectivity index (χ1) is 10.9. The van der Waals surface area contributed by atoms with Crippen LogP contribution in [0.4, 0.5) is 0 Å². The van der Waals surface area contributed by atoms with Gasteiger partial charge in [0.15, 0.2) is 5.16 Å². The number of imidazole rings is 1. The van der Waals surface area contributed by atoms with Crippen LogP contribution >= 0.6 is 11.8 Å². The quantitative estimate of drug-likeness (QED) is 0.350. The van der Waals surface area contributed by atoms with Crippen molar-refractivity contribution in [3.8, 4) is 0 Å². The molecule has 0 aliphatic heterocycles. The van der Waals surface area contributed by atoms with E-state index in [1.54, 1.807) is 18.2 Å². The van der Waals surface area contributed by atoms with E-state index in [0.29, 0.717) is 33.1 Å². The number of nitrogens with zero attached hydrogens (tertiary/aromatic N) is 2. The van der Waals surface area contributed by atoms with E-state index in [1.807, 2.05) is 0 Å². The molecule has 1 aromatic heterocycles. The Morgan fingerprint density at radius 3 is 2.83 bits per heavy atom. The van der Waals surface area contributed by atoms with Crippen molar-refractivity contribution in [1.29, 1.82) is 0 Å². The number of benzene rings is 1. The van der Waals surface area contributed by atoms with Gasteiger partial charge in [-0.05, 0) is 24.3 Å². The predicted octanol–water partition coefficient (Wildman–Crippen LogP) is 2.66. The van der Waals surface area contributed by atoms with Gasteiger partial charge in [-0.2, -0.15) is 0 Å². The van der Waals surface area contributed by atoms with E-state index in [9.17, 15) is 14.9 Å². The molecule has 0 unspecified atom stereocenters. The zero-order chi connectivity index (χ0) is 17.0. The lowest BCUT2D eigenvalue weighted by molar-refractivity contribution is -0.418. The summed E-state index contributed by atoms with van der Waals surface area (Å²) in [4.78, 5) is 28.7. The molecule has 2 aromatic rings. The number of aromatic nitrogens is 2. The molecule has 0 atom stereocenters. The van der Waals surface area contributed by atoms with Crippen molar-refractivity contribution in [2.75, 3.05) is 5.75 Å². The highest BCUT2D eigenvalue weighted by atomic mass is 32.2.